The molecular formula is C46H81NO3. The lowest BCUT2D eigenvalue weighted by Gasteiger charge is -2.16. The van der Waals surface area contributed by atoms with Crippen LogP contribution < -0.4 is 4.74 Å². The van der Waals surface area contributed by atoms with Gasteiger partial charge in [0, 0.05) is 24.3 Å². The lowest BCUT2D eigenvalue weighted by molar-refractivity contribution is -0.123. The number of ketones is 1. The van der Waals surface area contributed by atoms with Crippen LogP contribution in [-0.4, -0.2) is 37.9 Å². The minimum Gasteiger partial charge on any atom is -0.494 e. The maximum absolute atomic E-state index is 13.3. The summed E-state index contributed by atoms with van der Waals surface area (Å²) in [6.45, 7) is 11.0. The molecule has 1 aliphatic carbocycles. The summed E-state index contributed by atoms with van der Waals surface area (Å²) in [7, 11) is 4.21. The Morgan fingerprint density at radius 3 is 1.82 bits per heavy atom. The van der Waals surface area contributed by atoms with E-state index in [1.165, 1.54) is 128 Å². The van der Waals surface area contributed by atoms with E-state index in [2.05, 4.69) is 57.6 Å². The molecule has 288 valence electrons. The van der Waals surface area contributed by atoms with Crippen LogP contribution in [0, 0.1) is 5.92 Å². The maximum atomic E-state index is 13.3. The molecule has 0 bridgehead atoms. The summed E-state index contributed by atoms with van der Waals surface area (Å²) in [5, 5.41) is 0. The maximum Gasteiger partial charge on any atom is 0.135 e. The van der Waals surface area contributed by atoms with Gasteiger partial charge >= 0.3 is 0 Å². The average Bonchev–Trinajstić information content (AvgIpc) is 3.96. The quantitative estimate of drug-likeness (QED) is 0.0517. The third-order valence-corrected chi connectivity index (χ3v) is 10.7. The molecular weight excluding hydrogens is 615 g/mol. The first-order valence-electron chi connectivity index (χ1n) is 21.7. The van der Waals surface area contributed by atoms with E-state index < -0.39 is 0 Å². The average molecular weight is 696 g/mol. The molecule has 0 spiro atoms. The molecule has 0 saturated heterocycles. The van der Waals surface area contributed by atoms with Gasteiger partial charge in [0.1, 0.15) is 18.1 Å². The lowest BCUT2D eigenvalue weighted by atomic mass is 9.88. The van der Waals surface area contributed by atoms with Gasteiger partial charge in [-0.3, -0.25) is 4.79 Å². The van der Waals surface area contributed by atoms with Gasteiger partial charge < -0.3 is 14.4 Å². The predicted molar refractivity (Wildman–Crippen MR) is 216 cm³/mol. The number of carbonyl (C=O) groups excluding carboxylic acids is 1. The molecule has 0 aromatic heterocycles. The zero-order chi connectivity index (χ0) is 36.1. The molecule has 2 rings (SSSR count). The number of carbonyl (C=O) groups is 1. The van der Waals surface area contributed by atoms with Crippen molar-refractivity contribution in [2.24, 2.45) is 5.92 Å². The van der Waals surface area contributed by atoms with Gasteiger partial charge in [0.25, 0.3) is 0 Å². The molecule has 0 N–H and O–H groups in total. The van der Waals surface area contributed by atoms with Crippen LogP contribution in [0.1, 0.15) is 211 Å². The Hall–Kier alpha value is -1.81. The highest BCUT2D eigenvalue weighted by Crippen LogP contribution is 2.41. The summed E-state index contributed by atoms with van der Waals surface area (Å²) in [6.07, 6.45) is 34.6. The summed E-state index contributed by atoms with van der Waals surface area (Å²) in [5.74, 6) is 3.40. The van der Waals surface area contributed by atoms with Crippen molar-refractivity contribution in [1.29, 1.82) is 0 Å². The molecule has 0 amide bonds. The largest absolute Gasteiger partial charge is 0.494 e. The lowest BCUT2D eigenvalue weighted by Crippen LogP contribution is -2.14. The fraction of sp³-hybridized carbons (Fsp3) is 0.804. The molecule has 0 radical (unpaired) electrons. The highest BCUT2D eigenvalue weighted by Gasteiger charge is 2.24. The van der Waals surface area contributed by atoms with Crippen molar-refractivity contribution in [1.82, 2.24) is 4.90 Å². The highest BCUT2D eigenvalue weighted by molar-refractivity contribution is 5.80. The fourth-order valence-corrected chi connectivity index (χ4v) is 7.20. The van der Waals surface area contributed by atoms with Crippen molar-refractivity contribution in [3.05, 3.63) is 41.7 Å². The molecule has 1 aromatic rings. The number of rotatable bonds is 36. The van der Waals surface area contributed by atoms with Gasteiger partial charge in [0.2, 0.25) is 0 Å². The molecule has 1 aliphatic rings. The van der Waals surface area contributed by atoms with Gasteiger partial charge in [-0.1, -0.05) is 148 Å². The molecule has 1 saturated carbocycles. The zero-order valence-electron chi connectivity index (χ0n) is 33.7. The normalized spacial score (nSPS) is 13.0. The van der Waals surface area contributed by atoms with E-state index in [1.807, 2.05) is 0 Å². The third-order valence-electron chi connectivity index (χ3n) is 10.7. The monoisotopic (exact) mass is 696 g/mol. The van der Waals surface area contributed by atoms with Crippen molar-refractivity contribution >= 4 is 5.78 Å². The number of unbranched alkanes of at least 4 members (excludes halogenated alkanes) is 18. The molecule has 0 atom stereocenters. The highest BCUT2D eigenvalue weighted by atomic mass is 16.5. The summed E-state index contributed by atoms with van der Waals surface area (Å²) in [4.78, 5) is 15.6. The molecule has 4 nitrogen and oxygen atoms in total. The second-order valence-corrected chi connectivity index (χ2v) is 15.9. The van der Waals surface area contributed by atoms with Crippen molar-refractivity contribution in [3.63, 3.8) is 0 Å². The Morgan fingerprint density at radius 1 is 0.720 bits per heavy atom. The number of benzene rings is 1. The minimum atomic E-state index is 0.309. The van der Waals surface area contributed by atoms with Crippen LogP contribution in [0.2, 0.25) is 0 Å². The molecule has 4 heteroatoms. The van der Waals surface area contributed by atoms with Crippen LogP contribution in [0.3, 0.4) is 0 Å². The van der Waals surface area contributed by atoms with Gasteiger partial charge in [-0.05, 0) is 89.2 Å². The van der Waals surface area contributed by atoms with Crippen molar-refractivity contribution in [2.45, 2.75) is 206 Å². The Morgan fingerprint density at radius 2 is 1.26 bits per heavy atom. The van der Waals surface area contributed by atoms with Gasteiger partial charge in [-0.2, -0.15) is 0 Å². The van der Waals surface area contributed by atoms with E-state index in [0.29, 0.717) is 24.2 Å². The van der Waals surface area contributed by atoms with Crippen molar-refractivity contribution in [2.75, 3.05) is 27.2 Å². The number of ether oxygens (including phenoxy) is 2. The zero-order valence-corrected chi connectivity index (χ0v) is 33.7. The topological polar surface area (TPSA) is 38.8 Å². The van der Waals surface area contributed by atoms with Crippen LogP contribution in [0.25, 0.3) is 0 Å². The summed E-state index contributed by atoms with van der Waals surface area (Å²) < 4.78 is 12.4. The van der Waals surface area contributed by atoms with Crippen molar-refractivity contribution in [3.8, 4) is 5.75 Å². The number of hydrogen-bond donors (Lipinski definition) is 0. The van der Waals surface area contributed by atoms with Gasteiger partial charge in [0.05, 0.1) is 12.4 Å². The second-order valence-electron chi connectivity index (χ2n) is 15.9. The van der Waals surface area contributed by atoms with E-state index in [-0.39, 0.29) is 0 Å². The van der Waals surface area contributed by atoms with E-state index in [1.54, 1.807) is 0 Å². The first kappa shape index (κ1) is 44.4. The molecule has 50 heavy (non-hydrogen) atoms. The van der Waals surface area contributed by atoms with E-state index >= 15 is 0 Å². The Labute approximate surface area is 310 Å². The summed E-state index contributed by atoms with van der Waals surface area (Å²) in [6, 6.07) is 6.70. The van der Waals surface area contributed by atoms with Crippen molar-refractivity contribution < 1.29 is 14.3 Å². The van der Waals surface area contributed by atoms with E-state index in [0.717, 1.165) is 88.0 Å². The molecule has 0 aliphatic heterocycles. The van der Waals surface area contributed by atoms with Crippen LogP contribution in [0.4, 0.5) is 0 Å². The van der Waals surface area contributed by atoms with Crippen LogP contribution in [0.15, 0.2) is 30.5 Å². The smallest absolute Gasteiger partial charge is 0.135 e. The number of hydrogen-bond acceptors (Lipinski definition) is 4. The second kappa shape index (κ2) is 29.7. The van der Waals surface area contributed by atoms with E-state index in [4.69, 9.17) is 9.47 Å². The predicted octanol–water partition coefficient (Wildman–Crippen LogP) is 13.9. The number of nitrogens with zero attached hydrogens (tertiary/aromatic N) is 1. The molecule has 1 aromatic carbocycles. The van der Waals surface area contributed by atoms with E-state index in [9.17, 15) is 4.79 Å². The summed E-state index contributed by atoms with van der Waals surface area (Å²) in [5.41, 5.74) is 2.57. The standard InChI is InChI=1S/C46H81NO3/c1-6-8-10-12-14-16-19-23-29-42(30-24-20-17-15-13-11-9-7-2)45(48)31-25-21-18-22-26-37-49-46-35-34-43(41-32-33-41)38-44(46)39-50-40(3)28-27-36-47(4)5/h34-35,38,41-42H,3,6-33,36-37,39H2,1-2,4-5H3. The van der Waals surface area contributed by atoms with Crippen LogP contribution >= 0.6 is 0 Å². The molecule has 0 heterocycles. The molecule has 1 fully saturated rings. The Balaban J connectivity index is 1.66. The van der Waals surface area contributed by atoms with Gasteiger partial charge in [0.15, 0.2) is 0 Å². The molecule has 0 unspecified atom stereocenters. The Kier molecular flexibility index (Phi) is 26.4. The first-order chi connectivity index (χ1) is 24.4. The number of Topliss-reactive ketones (excluding diaryl/α,β-unsaturated/α-hetero) is 1. The number of allylic oxidation sites excluding steroid dienone is 1. The Bertz CT molecular complexity index is 964. The first-order valence-corrected chi connectivity index (χ1v) is 21.7. The van der Waals surface area contributed by atoms with Crippen LogP contribution in [-0.2, 0) is 16.1 Å². The van der Waals surface area contributed by atoms with Crippen LogP contribution in [0.5, 0.6) is 5.75 Å². The summed E-state index contributed by atoms with van der Waals surface area (Å²) >= 11 is 0. The SMILES string of the molecule is C=C(CCCN(C)C)OCc1cc(C2CC2)ccc1OCCCCCCCC(=O)C(CCCCCCCCCC)CCCCCCCCCC. The third kappa shape index (κ3) is 22.9. The minimum absolute atomic E-state index is 0.309. The van der Waals surface area contributed by atoms with Gasteiger partial charge in [-0.25, -0.2) is 0 Å². The fourth-order valence-electron chi connectivity index (χ4n) is 7.20. The van der Waals surface area contributed by atoms with Gasteiger partial charge in [-0.15, -0.1) is 0 Å².